The first-order chi connectivity index (χ1) is 13.1. The lowest BCUT2D eigenvalue weighted by molar-refractivity contribution is 0.0944. The number of benzene rings is 2. The van der Waals surface area contributed by atoms with Gasteiger partial charge in [0, 0.05) is 30.4 Å². The second-order valence-electron chi connectivity index (χ2n) is 6.59. The zero-order valence-corrected chi connectivity index (χ0v) is 15.3. The highest BCUT2D eigenvalue weighted by atomic mass is 19.1. The normalized spacial score (nSPS) is 11.4. The first-order valence-electron chi connectivity index (χ1n) is 9.08. The van der Waals surface area contributed by atoms with Crippen molar-refractivity contribution < 1.29 is 9.18 Å². The minimum Gasteiger partial charge on any atom is -0.350 e. The number of para-hydroxylation sites is 1. The van der Waals surface area contributed by atoms with Crippen molar-refractivity contribution >= 4 is 27.8 Å². The average molecular weight is 364 g/mol. The number of aryl methyl sites for hydroxylation is 2. The molecule has 0 aliphatic carbocycles. The van der Waals surface area contributed by atoms with Gasteiger partial charge in [-0.2, -0.15) is 0 Å². The van der Waals surface area contributed by atoms with Gasteiger partial charge in [0.2, 0.25) is 0 Å². The molecule has 2 N–H and O–H groups in total. The number of halogens is 1. The third-order valence-electron chi connectivity index (χ3n) is 4.90. The third-order valence-corrected chi connectivity index (χ3v) is 4.90. The number of imidazole rings is 1. The zero-order chi connectivity index (χ0) is 19.0. The molecule has 0 saturated heterocycles. The highest BCUT2D eigenvalue weighted by Crippen LogP contribution is 2.25. The summed E-state index contributed by atoms with van der Waals surface area (Å²) in [4.78, 5) is 20.3. The molecule has 0 saturated carbocycles. The Kier molecular flexibility index (Phi) is 4.39. The number of aromatic amines is 1. The molecular weight excluding hydrogens is 343 g/mol. The van der Waals surface area contributed by atoms with Gasteiger partial charge in [-0.25, -0.2) is 9.37 Å². The molecule has 138 valence electrons. The van der Waals surface area contributed by atoms with Crippen molar-refractivity contribution in [2.24, 2.45) is 0 Å². The van der Waals surface area contributed by atoms with E-state index < -0.39 is 0 Å². The Morgan fingerprint density at radius 2 is 2.07 bits per heavy atom. The molecule has 0 radical (unpaired) electrons. The molecule has 2 heterocycles. The number of amides is 1. The van der Waals surface area contributed by atoms with E-state index in [0.29, 0.717) is 24.2 Å². The van der Waals surface area contributed by atoms with E-state index in [-0.39, 0.29) is 11.7 Å². The van der Waals surface area contributed by atoms with Gasteiger partial charge >= 0.3 is 0 Å². The number of nitrogens with one attached hydrogen (secondary N) is 2. The van der Waals surface area contributed by atoms with E-state index in [9.17, 15) is 9.18 Å². The minimum absolute atomic E-state index is 0.0901. The Bertz CT molecular complexity index is 1140. The van der Waals surface area contributed by atoms with Crippen molar-refractivity contribution in [3.63, 3.8) is 0 Å². The van der Waals surface area contributed by atoms with Crippen LogP contribution in [0, 0.1) is 12.7 Å². The SMILES string of the molecule is CCn1c(C(=O)NCCc2nc3ccc(F)cc3[nH]2)c(C)c2ccccc21. The topological polar surface area (TPSA) is 62.7 Å². The van der Waals surface area contributed by atoms with Crippen molar-refractivity contribution in [3.8, 4) is 0 Å². The molecule has 0 fully saturated rings. The number of hydrogen-bond donors (Lipinski definition) is 2. The molecule has 5 nitrogen and oxygen atoms in total. The number of rotatable bonds is 5. The fourth-order valence-corrected chi connectivity index (χ4v) is 3.63. The van der Waals surface area contributed by atoms with Crippen LogP contribution >= 0.6 is 0 Å². The summed E-state index contributed by atoms with van der Waals surface area (Å²) < 4.78 is 15.3. The van der Waals surface area contributed by atoms with Gasteiger partial charge in [0.25, 0.3) is 5.91 Å². The van der Waals surface area contributed by atoms with Gasteiger partial charge in [-0.15, -0.1) is 0 Å². The molecular formula is C21H21FN4O. The predicted molar refractivity (Wildman–Crippen MR) is 104 cm³/mol. The van der Waals surface area contributed by atoms with E-state index in [2.05, 4.69) is 15.3 Å². The number of aromatic nitrogens is 3. The maximum atomic E-state index is 13.3. The van der Waals surface area contributed by atoms with Gasteiger partial charge in [-0.1, -0.05) is 18.2 Å². The summed E-state index contributed by atoms with van der Waals surface area (Å²) >= 11 is 0. The number of carbonyl (C=O) groups excluding carboxylic acids is 1. The second kappa shape index (κ2) is 6.87. The fourth-order valence-electron chi connectivity index (χ4n) is 3.63. The van der Waals surface area contributed by atoms with Crippen molar-refractivity contribution in [1.82, 2.24) is 19.9 Å². The second-order valence-corrected chi connectivity index (χ2v) is 6.59. The summed E-state index contributed by atoms with van der Waals surface area (Å²) in [6.45, 7) is 5.20. The molecule has 0 atom stereocenters. The van der Waals surface area contributed by atoms with Gasteiger partial charge in [0.05, 0.1) is 11.0 Å². The third kappa shape index (κ3) is 3.07. The predicted octanol–water partition coefficient (Wildman–Crippen LogP) is 3.96. The minimum atomic E-state index is -0.297. The molecule has 0 aliphatic rings. The molecule has 2 aromatic heterocycles. The van der Waals surface area contributed by atoms with Crippen LogP contribution in [0.1, 0.15) is 28.8 Å². The summed E-state index contributed by atoms with van der Waals surface area (Å²) in [5.41, 5.74) is 4.15. The van der Waals surface area contributed by atoms with Gasteiger partial charge in [-0.3, -0.25) is 4.79 Å². The van der Waals surface area contributed by atoms with Gasteiger partial charge in [0.1, 0.15) is 17.3 Å². The Morgan fingerprint density at radius 3 is 2.89 bits per heavy atom. The largest absolute Gasteiger partial charge is 0.350 e. The highest BCUT2D eigenvalue weighted by molar-refractivity contribution is 6.01. The van der Waals surface area contributed by atoms with E-state index >= 15 is 0 Å². The maximum absolute atomic E-state index is 13.3. The summed E-state index contributed by atoms with van der Waals surface area (Å²) in [6.07, 6.45) is 0.549. The Hall–Kier alpha value is -3.15. The van der Waals surface area contributed by atoms with E-state index in [0.717, 1.165) is 34.4 Å². The smallest absolute Gasteiger partial charge is 0.268 e. The van der Waals surface area contributed by atoms with Crippen LogP contribution in [-0.2, 0) is 13.0 Å². The van der Waals surface area contributed by atoms with Crippen LogP contribution in [-0.4, -0.2) is 27.0 Å². The maximum Gasteiger partial charge on any atom is 0.268 e. The summed E-state index contributed by atoms with van der Waals surface area (Å²) in [6, 6.07) is 12.5. The van der Waals surface area contributed by atoms with Crippen LogP contribution in [0.2, 0.25) is 0 Å². The quantitative estimate of drug-likeness (QED) is 0.563. The lowest BCUT2D eigenvalue weighted by Crippen LogP contribution is -2.28. The van der Waals surface area contributed by atoms with E-state index in [1.54, 1.807) is 6.07 Å². The summed E-state index contributed by atoms with van der Waals surface area (Å²) in [7, 11) is 0. The number of fused-ring (bicyclic) bond motifs is 2. The van der Waals surface area contributed by atoms with Crippen molar-refractivity contribution in [2.75, 3.05) is 6.54 Å². The highest BCUT2D eigenvalue weighted by Gasteiger charge is 2.19. The molecule has 0 unspecified atom stereocenters. The molecule has 0 aliphatic heterocycles. The van der Waals surface area contributed by atoms with Crippen LogP contribution in [0.5, 0.6) is 0 Å². The van der Waals surface area contributed by atoms with Crippen molar-refractivity contribution in [2.45, 2.75) is 26.8 Å². The first-order valence-corrected chi connectivity index (χ1v) is 9.08. The van der Waals surface area contributed by atoms with Crippen LogP contribution in [0.4, 0.5) is 4.39 Å². The molecule has 1 amide bonds. The van der Waals surface area contributed by atoms with Crippen LogP contribution < -0.4 is 5.32 Å². The standard InChI is InChI=1S/C21H21FN4O/c1-3-26-18-7-5-4-6-15(18)13(2)20(26)21(27)23-11-10-19-24-16-9-8-14(22)12-17(16)25-19/h4-9,12H,3,10-11H2,1-2H3,(H,23,27)(H,24,25). The van der Waals surface area contributed by atoms with Gasteiger partial charge in [0.15, 0.2) is 0 Å². The summed E-state index contributed by atoms with van der Waals surface area (Å²) in [5, 5.41) is 4.09. The number of carbonyl (C=O) groups is 1. The molecule has 6 heteroatoms. The van der Waals surface area contributed by atoms with Crippen LogP contribution in [0.3, 0.4) is 0 Å². The Morgan fingerprint density at radius 1 is 1.26 bits per heavy atom. The molecule has 2 aromatic carbocycles. The van der Waals surface area contributed by atoms with E-state index in [4.69, 9.17) is 0 Å². The molecule has 0 spiro atoms. The molecule has 4 aromatic rings. The average Bonchev–Trinajstić information content (AvgIpc) is 3.19. The zero-order valence-electron chi connectivity index (χ0n) is 15.3. The Labute approximate surface area is 156 Å². The number of hydrogen-bond acceptors (Lipinski definition) is 2. The first kappa shape index (κ1) is 17.3. The number of nitrogens with zero attached hydrogens (tertiary/aromatic N) is 2. The lowest BCUT2D eigenvalue weighted by atomic mass is 10.1. The summed E-state index contributed by atoms with van der Waals surface area (Å²) in [5.74, 6) is 0.338. The van der Waals surface area contributed by atoms with Crippen molar-refractivity contribution in [1.29, 1.82) is 0 Å². The Balaban J connectivity index is 1.51. The van der Waals surface area contributed by atoms with E-state index in [1.165, 1.54) is 12.1 Å². The number of H-pyrrole nitrogens is 1. The van der Waals surface area contributed by atoms with Crippen LogP contribution in [0.25, 0.3) is 21.9 Å². The fraction of sp³-hybridized carbons (Fsp3) is 0.238. The van der Waals surface area contributed by atoms with Gasteiger partial charge < -0.3 is 14.9 Å². The monoisotopic (exact) mass is 364 g/mol. The van der Waals surface area contributed by atoms with Crippen molar-refractivity contribution in [3.05, 3.63) is 65.4 Å². The van der Waals surface area contributed by atoms with Gasteiger partial charge in [-0.05, 0) is 43.7 Å². The lowest BCUT2D eigenvalue weighted by Gasteiger charge is -2.09. The van der Waals surface area contributed by atoms with Crippen LogP contribution in [0.15, 0.2) is 42.5 Å². The molecule has 0 bridgehead atoms. The molecule has 27 heavy (non-hydrogen) atoms. The molecule has 4 rings (SSSR count). The van der Waals surface area contributed by atoms with E-state index in [1.807, 2.05) is 42.7 Å².